The molecule has 3 radical (unpaired) electrons. The molecule has 0 amide bonds. The summed E-state index contributed by atoms with van der Waals surface area (Å²) in [5.74, 6) is 0. The summed E-state index contributed by atoms with van der Waals surface area (Å²) in [5, 5.41) is 0. The van der Waals surface area contributed by atoms with E-state index in [2.05, 4.69) is 10.3 Å². The van der Waals surface area contributed by atoms with Gasteiger partial charge in [0.25, 0.3) is 0 Å². The van der Waals surface area contributed by atoms with E-state index in [1.54, 1.807) is 0 Å². The average Bonchev–Trinajstić information content (AvgIpc) is 1.48. The van der Waals surface area contributed by atoms with Gasteiger partial charge in [0.15, 0.2) is 0 Å². The molecular weight excluding hydrogens is 340 g/mol. The third kappa shape index (κ3) is 5.17. The van der Waals surface area contributed by atoms with Crippen LogP contribution in [0.1, 0.15) is 0 Å². The monoisotopic (exact) mass is 349 g/mol. The van der Waals surface area contributed by atoms with E-state index in [4.69, 9.17) is 0 Å². The molecule has 0 N–H and O–H groups in total. The Hall–Kier alpha value is 0.647. The predicted molar refractivity (Wildman–Crippen MR) is 53.6 cm³/mol. The SMILES string of the molecule is CI(C)(C)([Si])OS(=O)(=O)C(F)(F)F. The van der Waals surface area contributed by atoms with Crippen LogP contribution in [0.5, 0.6) is 0 Å². The zero-order valence-electron chi connectivity index (χ0n) is 7.14. The molecule has 0 aromatic carbocycles. The quantitative estimate of drug-likeness (QED) is 0.248. The summed E-state index contributed by atoms with van der Waals surface area (Å²) in [7, 11) is -2.53. The predicted octanol–water partition coefficient (Wildman–Crippen LogP) is 1.32. The summed E-state index contributed by atoms with van der Waals surface area (Å²) in [6, 6.07) is 0. The molecule has 0 bridgehead atoms. The van der Waals surface area contributed by atoms with E-state index in [1.807, 2.05) is 0 Å². The van der Waals surface area contributed by atoms with Gasteiger partial charge in [-0.25, -0.2) is 0 Å². The second kappa shape index (κ2) is 3.07. The standard InChI is InChI=1S/C4H9F3IO3SSi/c1-8(2,3,13)11-12(9,10)4(5,6)7/h1-3H3. The molecule has 0 aliphatic rings. The van der Waals surface area contributed by atoms with Gasteiger partial charge in [-0.1, -0.05) is 0 Å². The van der Waals surface area contributed by atoms with E-state index in [9.17, 15) is 21.6 Å². The molecule has 0 spiro atoms. The van der Waals surface area contributed by atoms with Crippen molar-refractivity contribution in [3.8, 4) is 0 Å². The molecule has 81 valence electrons. The first-order valence-corrected chi connectivity index (χ1v) is 15.1. The van der Waals surface area contributed by atoms with Crippen LogP contribution in [0.15, 0.2) is 0 Å². The van der Waals surface area contributed by atoms with Crippen LogP contribution in [0, 0.1) is 0 Å². The Bertz CT molecular complexity index is 292. The van der Waals surface area contributed by atoms with E-state index < -0.39 is 32.3 Å². The van der Waals surface area contributed by atoms with Crippen LogP contribution in [0.25, 0.3) is 0 Å². The summed E-state index contributed by atoms with van der Waals surface area (Å²) in [6.45, 7) is 0. The Morgan fingerprint density at radius 1 is 1.23 bits per heavy atom. The van der Waals surface area contributed by atoms with E-state index in [1.165, 1.54) is 14.8 Å². The zero-order chi connectivity index (χ0) is 11.2. The maximum absolute atomic E-state index is 11.8. The van der Waals surface area contributed by atoms with Gasteiger partial charge < -0.3 is 0 Å². The molecule has 0 atom stereocenters. The van der Waals surface area contributed by atoms with Gasteiger partial charge in [-0.2, -0.15) is 0 Å². The molecule has 0 fully saturated rings. The molecule has 0 heterocycles. The van der Waals surface area contributed by atoms with Crippen LogP contribution in [0.2, 0.25) is 0 Å². The summed E-state index contributed by atoms with van der Waals surface area (Å²) in [6.07, 6.45) is 0. The van der Waals surface area contributed by atoms with E-state index in [-0.39, 0.29) is 0 Å². The van der Waals surface area contributed by atoms with Crippen molar-refractivity contribution in [2.24, 2.45) is 0 Å². The van der Waals surface area contributed by atoms with Crippen molar-refractivity contribution in [3.05, 3.63) is 0 Å². The molecule has 0 aromatic rings. The summed E-state index contributed by atoms with van der Waals surface area (Å²) in [5.41, 5.74) is -5.36. The van der Waals surface area contributed by atoms with Crippen molar-refractivity contribution in [1.82, 2.24) is 0 Å². The van der Waals surface area contributed by atoms with Gasteiger partial charge in [0.05, 0.1) is 0 Å². The van der Waals surface area contributed by atoms with Gasteiger partial charge in [0, 0.05) is 0 Å². The van der Waals surface area contributed by atoms with Crippen LogP contribution in [-0.2, 0) is 12.6 Å². The number of rotatable bonds is 2. The number of hydrogen-bond donors (Lipinski definition) is 0. The Morgan fingerprint density at radius 3 is 1.62 bits per heavy atom. The Balaban J connectivity index is 4.98. The fraction of sp³-hybridized carbons (Fsp3) is 1.00. The molecule has 13 heavy (non-hydrogen) atoms. The average molecular weight is 349 g/mol. The van der Waals surface area contributed by atoms with Crippen LogP contribution in [0.3, 0.4) is 0 Å². The van der Waals surface area contributed by atoms with Crippen molar-refractivity contribution >= 4 is 34.5 Å². The van der Waals surface area contributed by atoms with E-state index >= 15 is 0 Å². The molecule has 0 rings (SSSR count). The van der Waals surface area contributed by atoms with Gasteiger partial charge in [-0.15, -0.1) is 0 Å². The summed E-state index contributed by atoms with van der Waals surface area (Å²) in [4.78, 5) is 4.02. The van der Waals surface area contributed by atoms with Crippen LogP contribution < -0.4 is 0 Å². The molecule has 0 aromatic heterocycles. The Labute approximate surface area is 78.8 Å². The number of halogens is 4. The molecule has 9 heteroatoms. The second-order valence-electron chi connectivity index (χ2n) is 3.20. The first-order chi connectivity index (χ1) is 5.21. The van der Waals surface area contributed by atoms with Gasteiger partial charge in [-0.05, 0) is 0 Å². The molecule has 0 aliphatic heterocycles. The minimum absolute atomic E-state index is 1.34. The third-order valence-corrected chi connectivity index (χ3v) is 8.22. The van der Waals surface area contributed by atoms with Crippen molar-refractivity contribution < 1.29 is 24.1 Å². The summed E-state index contributed by atoms with van der Waals surface area (Å²) < 4.78 is 60.7. The molecular formula is C4H9F3IO3SSi. The number of alkyl halides is 6. The van der Waals surface area contributed by atoms with Gasteiger partial charge >= 0.3 is 78.9 Å². The molecule has 0 saturated heterocycles. The van der Waals surface area contributed by atoms with Crippen molar-refractivity contribution in [2.45, 2.75) is 5.51 Å². The zero-order valence-corrected chi connectivity index (χ0v) is 11.1. The number of hydrogen-bond acceptors (Lipinski definition) is 3. The van der Waals surface area contributed by atoms with E-state index in [0.717, 1.165) is 0 Å². The summed E-state index contributed by atoms with van der Waals surface area (Å²) >= 11 is -3.95. The fourth-order valence-corrected chi connectivity index (χ4v) is 8.23. The Kier molecular flexibility index (Phi) is 3.22. The Morgan fingerprint density at radius 2 is 1.54 bits per heavy atom. The molecule has 3 nitrogen and oxygen atoms in total. The van der Waals surface area contributed by atoms with Crippen LogP contribution >= 0.6 is 16.7 Å². The molecule has 0 aliphatic carbocycles. The van der Waals surface area contributed by atoms with E-state index in [0.29, 0.717) is 0 Å². The topological polar surface area (TPSA) is 43.4 Å². The minimum atomic E-state index is -5.48. The van der Waals surface area contributed by atoms with Crippen LogP contribution in [-0.4, -0.2) is 36.5 Å². The molecule has 0 unspecified atom stereocenters. The van der Waals surface area contributed by atoms with Gasteiger partial charge in [0.1, 0.15) is 0 Å². The van der Waals surface area contributed by atoms with Crippen molar-refractivity contribution in [1.29, 1.82) is 0 Å². The second-order valence-corrected chi connectivity index (χ2v) is 27.2. The van der Waals surface area contributed by atoms with Crippen molar-refractivity contribution in [3.63, 3.8) is 0 Å². The van der Waals surface area contributed by atoms with Gasteiger partial charge in [-0.3, -0.25) is 0 Å². The normalized spacial score (nSPS) is 17.9. The van der Waals surface area contributed by atoms with Gasteiger partial charge in [0.2, 0.25) is 0 Å². The van der Waals surface area contributed by atoms with Crippen LogP contribution in [0.4, 0.5) is 13.2 Å². The molecule has 0 saturated carbocycles. The first kappa shape index (κ1) is 13.6. The third-order valence-electron chi connectivity index (χ3n) is 0.587. The van der Waals surface area contributed by atoms with Crippen molar-refractivity contribution in [2.75, 3.05) is 14.8 Å². The maximum atomic E-state index is 11.8. The fourth-order valence-electron chi connectivity index (χ4n) is 0.326. The first-order valence-electron chi connectivity index (χ1n) is 2.75.